The van der Waals surface area contributed by atoms with Crippen LogP contribution in [0.2, 0.25) is 0 Å². The summed E-state index contributed by atoms with van der Waals surface area (Å²) in [7, 11) is 0. The van der Waals surface area contributed by atoms with E-state index in [-0.39, 0.29) is 24.0 Å². The average molecular weight is 464 g/mol. The fourth-order valence-electron chi connectivity index (χ4n) is 3.18. The van der Waals surface area contributed by atoms with E-state index in [1.54, 1.807) is 41.1 Å². The lowest BCUT2D eigenvalue weighted by Gasteiger charge is -2.09. The first-order chi connectivity index (χ1) is 16.5. The number of aromatic nitrogens is 3. The molecule has 0 atom stereocenters. The first-order valence-corrected chi connectivity index (χ1v) is 10.6. The van der Waals surface area contributed by atoms with Crippen molar-refractivity contribution < 1.29 is 23.0 Å². The van der Waals surface area contributed by atoms with E-state index in [9.17, 15) is 13.6 Å². The van der Waals surface area contributed by atoms with Gasteiger partial charge in [-0.2, -0.15) is 4.98 Å². The Morgan fingerprint density at radius 1 is 0.971 bits per heavy atom. The molecule has 0 aliphatic carbocycles. The molecule has 0 fully saturated rings. The van der Waals surface area contributed by atoms with Crippen molar-refractivity contribution in [2.45, 2.75) is 6.92 Å². The van der Waals surface area contributed by atoms with Gasteiger partial charge in [0.25, 0.3) is 5.91 Å². The summed E-state index contributed by atoms with van der Waals surface area (Å²) < 4.78 is 39.3. The van der Waals surface area contributed by atoms with Crippen LogP contribution in [0.1, 0.15) is 17.3 Å². The van der Waals surface area contributed by atoms with Crippen molar-refractivity contribution >= 4 is 11.6 Å². The Morgan fingerprint density at radius 3 is 2.44 bits per heavy atom. The number of ether oxygens (including phenoxy) is 2. The van der Waals surface area contributed by atoms with Crippen molar-refractivity contribution in [3.63, 3.8) is 0 Å². The first kappa shape index (κ1) is 23.1. The standard InChI is InChI=1S/C25H22F2N4O3/c1-2-33-14-15-34-25-29-23(17-6-8-19(26)9-7-17)31(30-25)22-12-10-21(11-13-22)28-24(32)18-4-3-5-20(27)16-18/h3-13,16H,2,14-15H2,1H3,(H,28,32). The van der Waals surface area contributed by atoms with Gasteiger partial charge in [-0.15, -0.1) is 5.10 Å². The lowest BCUT2D eigenvalue weighted by atomic mass is 10.2. The quantitative estimate of drug-likeness (QED) is 0.357. The van der Waals surface area contributed by atoms with Gasteiger partial charge in [-0.25, -0.2) is 13.5 Å². The monoisotopic (exact) mass is 464 g/mol. The highest BCUT2D eigenvalue weighted by Crippen LogP contribution is 2.25. The van der Waals surface area contributed by atoms with Gasteiger partial charge in [0.05, 0.1) is 12.3 Å². The molecule has 0 bridgehead atoms. The number of amides is 1. The van der Waals surface area contributed by atoms with Crippen LogP contribution in [0.5, 0.6) is 6.01 Å². The molecule has 1 heterocycles. The maximum Gasteiger partial charge on any atom is 0.336 e. The van der Waals surface area contributed by atoms with Crippen molar-refractivity contribution in [1.29, 1.82) is 0 Å². The normalized spacial score (nSPS) is 10.8. The van der Waals surface area contributed by atoms with Gasteiger partial charge in [0.15, 0.2) is 5.82 Å². The van der Waals surface area contributed by atoms with Crippen LogP contribution < -0.4 is 10.1 Å². The zero-order valence-corrected chi connectivity index (χ0v) is 18.4. The third-order valence-electron chi connectivity index (χ3n) is 4.81. The summed E-state index contributed by atoms with van der Waals surface area (Å²) in [5, 5.41) is 7.16. The Kier molecular flexibility index (Phi) is 7.24. The van der Waals surface area contributed by atoms with Crippen LogP contribution >= 0.6 is 0 Å². The molecule has 0 radical (unpaired) electrons. The topological polar surface area (TPSA) is 78.3 Å². The van der Waals surface area contributed by atoms with Gasteiger partial charge in [-0.05, 0) is 73.7 Å². The minimum atomic E-state index is -0.484. The van der Waals surface area contributed by atoms with Crippen molar-refractivity contribution in [3.05, 3.63) is 90.0 Å². The number of anilines is 1. The summed E-state index contributed by atoms with van der Waals surface area (Å²) in [5.74, 6) is -0.809. The molecule has 1 amide bonds. The first-order valence-electron chi connectivity index (χ1n) is 10.6. The summed E-state index contributed by atoms with van der Waals surface area (Å²) >= 11 is 0. The van der Waals surface area contributed by atoms with E-state index in [2.05, 4.69) is 15.4 Å². The second-order valence-electron chi connectivity index (χ2n) is 7.19. The number of nitrogens with one attached hydrogen (secondary N) is 1. The largest absolute Gasteiger partial charge is 0.460 e. The highest BCUT2D eigenvalue weighted by Gasteiger charge is 2.15. The zero-order chi connectivity index (χ0) is 23.9. The van der Waals surface area contributed by atoms with Crippen molar-refractivity contribution in [1.82, 2.24) is 14.8 Å². The van der Waals surface area contributed by atoms with Crippen LogP contribution in [0.15, 0.2) is 72.8 Å². The van der Waals surface area contributed by atoms with Crippen LogP contribution in [0.25, 0.3) is 17.1 Å². The highest BCUT2D eigenvalue weighted by molar-refractivity contribution is 6.04. The summed E-state index contributed by atoms with van der Waals surface area (Å²) in [5.41, 5.74) is 2.04. The Labute approximate surface area is 195 Å². The number of rotatable bonds is 9. The predicted octanol–water partition coefficient (Wildman–Crippen LogP) is 4.88. The average Bonchev–Trinajstić information content (AvgIpc) is 3.27. The fourth-order valence-corrected chi connectivity index (χ4v) is 3.18. The highest BCUT2D eigenvalue weighted by atomic mass is 19.1. The molecule has 0 saturated carbocycles. The van der Waals surface area contributed by atoms with Gasteiger partial charge < -0.3 is 14.8 Å². The molecule has 1 N–H and O–H groups in total. The molecule has 3 aromatic carbocycles. The van der Waals surface area contributed by atoms with Crippen LogP contribution in [0, 0.1) is 11.6 Å². The maximum absolute atomic E-state index is 13.4. The number of hydrogen-bond acceptors (Lipinski definition) is 5. The second kappa shape index (κ2) is 10.7. The van der Waals surface area contributed by atoms with Gasteiger partial charge in [0, 0.05) is 23.4 Å². The molecule has 0 unspecified atom stereocenters. The third kappa shape index (κ3) is 5.62. The van der Waals surface area contributed by atoms with Crippen LogP contribution in [-0.4, -0.2) is 40.5 Å². The second-order valence-corrected chi connectivity index (χ2v) is 7.19. The number of hydrogen-bond donors (Lipinski definition) is 1. The van der Waals surface area contributed by atoms with Crippen molar-refractivity contribution in [3.8, 4) is 23.1 Å². The molecular weight excluding hydrogens is 442 g/mol. The molecular formula is C25H22F2N4O3. The van der Waals surface area contributed by atoms with E-state index in [0.717, 1.165) is 0 Å². The number of carbonyl (C=O) groups excluding carboxylic acids is 1. The van der Waals surface area contributed by atoms with Crippen LogP contribution in [0.3, 0.4) is 0 Å². The fraction of sp³-hybridized carbons (Fsp3) is 0.160. The summed E-state index contributed by atoms with van der Waals surface area (Å²) in [6, 6.07) is 18.4. The van der Waals surface area contributed by atoms with E-state index in [1.807, 2.05) is 6.92 Å². The molecule has 0 spiro atoms. The summed E-state index contributed by atoms with van der Waals surface area (Å²) in [6.07, 6.45) is 0. The van der Waals surface area contributed by atoms with Gasteiger partial charge in [-0.3, -0.25) is 4.79 Å². The molecule has 4 aromatic rings. The van der Waals surface area contributed by atoms with E-state index < -0.39 is 11.7 Å². The molecule has 4 rings (SSSR count). The zero-order valence-electron chi connectivity index (χ0n) is 18.4. The Morgan fingerprint density at radius 2 is 1.74 bits per heavy atom. The van der Waals surface area contributed by atoms with Gasteiger partial charge in [0.2, 0.25) is 0 Å². The Balaban J connectivity index is 1.57. The van der Waals surface area contributed by atoms with E-state index in [4.69, 9.17) is 9.47 Å². The number of halogens is 2. The van der Waals surface area contributed by atoms with Gasteiger partial charge >= 0.3 is 6.01 Å². The predicted molar refractivity (Wildman–Crippen MR) is 123 cm³/mol. The molecule has 34 heavy (non-hydrogen) atoms. The molecule has 1 aromatic heterocycles. The summed E-state index contributed by atoms with van der Waals surface area (Å²) in [4.78, 5) is 16.8. The van der Waals surface area contributed by atoms with E-state index >= 15 is 0 Å². The third-order valence-corrected chi connectivity index (χ3v) is 4.81. The SMILES string of the molecule is CCOCCOc1nc(-c2ccc(F)cc2)n(-c2ccc(NC(=O)c3cccc(F)c3)cc2)n1. The van der Waals surface area contributed by atoms with E-state index in [0.29, 0.717) is 36.0 Å². The molecule has 0 saturated heterocycles. The number of benzene rings is 3. The lowest BCUT2D eigenvalue weighted by Crippen LogP contribution is -2.12. The van der Waals surface area contributed by atoms with Crippen LogP contribution in [0.4, 0.5) is 14.5 Å². The molecule has 9 heteroatoms. The molecule has 0 aliphatic heterocycles. The Bertz CT molecular complexity index is 1260. The van der Waals surface area contributed by atoms with Crippen molar-refractivity contribution in [2.75, 3.05) is 25.1 Å². The Hall–Kier alpha value is -4.11. The summed E-state index contributed by atoms with van der Waals surface area (Å²) in [6.45, 7) is 3.15. The molecule has 174 valence electrons. The number of carbonyl (C=O) groups is 1. The van der Waals surface area contributed by atoms with Crippen molar-refractivity contribution in [2.24, 2.45) is 0 Å². The van der Waals surface area contributed by atoms with Crippen LogP contribution in [-0.2, 0) is 4.74 Å². The molecule has 7 nitrogen and oxygen atoms in total. The van der Waals surface area contributed by atoms with E-state index in [1.165, 1.54) is 36.4 Å². The van der Waals surface area contributed by atoms with Gasteiger partial charge in [-0.1, -0.05) is 6.07 Å². The minimum absolute atomic E-state index is 0.155. The smallest absolute Gasteiger partial charge is 0.336 e. The minimum Gasteiger partial charge on any atom is -0.460 e. The lowest BCUT2D eigenvalue weighted by molar-refractivity contribution is 0.102. The molecule has 0 aliphatic rings. The number of nitrogens with zero attached hydrogens (tertiary/aromatic N) is 3. The van der Waals surface area contributed by atoms with Gasteiger partial charge in [0.1, 0.15) is 18.2 Å². The maximum atomic E-state index is 13.4.